The average Bonchev–Trinajstić information content (AvgIpc) is 3.20. The zero-order valence-electron chi connectivity index (χ0n) is 20.6. The quantitative estimate of drug-likeness (QED) is 0.528. The van der Waals surface area contributed by atoms with Gasteiger partial charge in [-0.25, -0.2) is 4.98 Å². The molecule has 0 spiro atoms. The summed E-state index contributed by atoms with van der Waals surface area (Å²) in [6.45, 7) is 5.31. The number of thiazole rings is 1. The minimum absolute atomic E-state index is 0.0180. The van der Waals surface area contributed by atoms with E-state index in [1.165, 1.54) is 11.3 Å². The van der Waals surface area contributed by atoms with Crippen LogP contribution in [0.4, 0.5) is 0 Å². The number of aromatic nitrogens is 1. The van der Waals surface area contributed by atoms with Crippen LogP contribution in [0, 0.1) is 6.92 Å². The van der Waals surface area contributed by atoms with Gasteiger partial charge in [0.1, 0.15) is 9.88 Å². The molecule has 10 heteroatoms. The first-order valence-corrected chi connectivity index (χ1v) is 11.8. The number of carbonyl (C=O) groups excluding carboxylic acids is 2. The Morgan fingerprint density at radius 3 is 2.21 bits per heavy atom. The predicted octanol–water partition coefficient (Wildman–Crippen LogP) is 2.54. The molecule has 0 N–H and O–H groups in total. The van der Waals surface area contributed by atoms with E-state index in [4.69, 9.17) is 14.2 Å². The van der Waals surface area contributed by atoms with Crippen molar-refractivity contribution in [3.8, 4) is 17.2 Å². The second-order valence-corrected chi connectivity index (χ2v) is 9.20. The highest BCUT2D eigenvalue weighted by Crippen LogP contribution is 2.38. The maximum Gasteiger partial charge on any atom is 0.265 e. The van der Waals surface area contributed by atoms with Crippen LogP contribution in [-0.4, -0.2) is 93.1 Å². The Balaban J connectivity index is 1.58. The molecule has 2 heterocycles. The van der Waals surface area contributed by atoms with E-state index in [-0.39, 0.29) is 11.8 Å². The molecule has 184 valence electrons. The van der Waals surface area contributed by atoms with Crippen molar-refractivity contribution in [3.63, 3.8) is 0 Å². The van der Waals surface area contributed by atoms with Crippen LogP contribution in [0.1, 0.15) is 25.9 Å². The van der Waals surface area contributed by atoms with Crippen LogP contribution in [0.5, 0.6) is 17.2 Å². The lowest BCUT2D eigenvalue weighted by Crippen LogP contribution is -2.47. The summed E-state index contributed by atoms with van der Waals surface area (Å²) in [4.78, 5) is 35.9. The molecular formula is C24H32N4O5S. The summed E-state index contributed by atoms with van der Waals surface area (Å²) in [5.74, 6) is 1.52. The number of piperazine rings is 1. The molecule has 0 radical (unpaired) electrons. The molecule has 0 aliphatic carbocycles. The Morgan fingerprint density at radius 2 is 1.68 bits per heavy atom. The summed E-state index contributed by atoms with van der Waals surface area (Å²) < 4.78 is 16.1. The largest absolute Gasteiger partial charge is 0.493 e. The van der Waals surface area contributed by atoms with Gasteiger partial charge in [0.05, 0.1) is 33.6 Å². The number of amides is 2. The fourth-order valence-electron chi connectivity index (χ4n) is 3.71. The number of carbonyl (C=O) groups is 2. The number of nitrogens with zero attached hydrogens (tertiary/aromatic N) is 4. The van der Waals surface area contributed by atoms with Gasteiger partial charge in [-0.05, 0) is 30.7 Å². The van der Waals surface area contributed by atoms with Gasteiger partial charge >= 0.3 is 0 Å². The normalized spacial score (nSPS) is 14.4. The second kappa shape index (κ2) is 11.3. The molecule has 1 aromatic heterocycles. The van der Waals surface area contributed by atoms with Crippen molar-refractivity contribution in [2.75, 3.05) is 61.6 Å². The smallest absolute Gasteiger partial charge is 0.265 e. The lowest BCUT2D eigenvalue weighted by atomic mass is 10.1. The van der Waals surface area contributed by atoms with Crippen molar-refractivity contribution in [2.45, 2.75) is 13.5 Å². The summed E-state index contributed by atoms with van der Waals surface area (Å²) in [6.07, 6.45) is 3.32. The number of benzene rings is 1. The fourth-order valence-corrected chi connectivity index (χ4v) is 4.84. The molecule has 1 aromatic carbocycles. The first-order valence-electron chi connectivity index (χ1n) is 10.9. The molecule has 1 aliphatic rings. The minimum Gasteiger partial charge on any atom is -0.493 e. The number of aryl methyl sites for hydroxylation is 1. The van der Waals surface area contributed by atoms with Gasteiger partial charge in [0, 0.05) is 46.4 Å². The maximum atomic E-state index is 12.7. The maximum absolute atomic E-state index is 12.7. The Labute approximate surface area is 204 Å². The van der Waals surface area contributed by atoms with E-state index in [2.05, 4.69) is 9.88 Å². The molecule has 2 amide bonds. The second-order valence-electron chi connectivity index (χ2n) is 8.12. The van der Waals surface area contributed by atoms with E-state index in [0.717, 1.165) is 29.4 Å². The first-order chi connectivity index (χ1) is 16.3. The standard InChI is InChI=1S/C24H32N4O5S/c1-16-23(24(30)26(2)3)34-20(25-16)15-27-9-11-28(12-10-27)21(29)8-7-17-13-18(31-4)22(33-6)19(14-17)32-5/h7-8,13-14H,9-12,15H2,1-6H3/b8-7+. The van der Waals surface area contributed by atoms with Gasteiger partial charge in [-0.15, -0.1) is 11.3 Å². The molecule has 0 bridgehead atoms. The van der Waals surface area contributed by atoms with E-state index in [1.54, 1.807) is 64.6 Å². The van der Waals surface area contributed by atoms with Crippen LogP contribution in [-0.2, 0) is 11.3 Å². The predicted molar refractivity (Wildman–Crippen MR) is 132 cm³/mol. The molecule has 9 nitrogen and oxygen atoms in total. The van der Waals surface area contributed by atoms with Gasteiger partial charge in [-0.1, -0.05) is 0 Å². The van der Waals surface area contributed by atoms with Crippen LogP contribution < -0.4 is 14.2 Å². The van der Waals surface area contributed by atoms with Crippen molar-refractivity contribution in [1.29, 1.82) is 0 Å². The van der Waals surface area contributed by atoms with Crippen LogP contribution in [0.3, 0.4) is 0 Å². The number of hydrogen-bond donors (Lipinski definition) is 0. The monoisotopic (exact) mass is 488 g/mol. The highest BCUT2D eigenvalue weighted by atomic mass is 32.1. The summed E-state index contributed by atoms with van der Waals surface area (Å²) in [5, 5.41) is 0.921. The molecule has 0 unspecified atom stereocenters. The van der Waals surface area contributed by atoms with Crippen LogP contribution >= 0.6 is 11.3 Å². The SMILES string of the molecule is COc1cc(/C=C/C(=O)N2CCN(Cc3nc(C)c(C(=O)N(C)C)s3)CC2)cc(OC)c1OC. The van der Waals surface area contributed by atoms with E-state index >= 15 is 0 Å². The summed E-state index contributed by atoms with van der Waals surface area (Å²) in [7, 11) is 8.16. The lowest BCUT2D eigenvalue weighted by Gasteiger charge is -2.33. The van der Waals surface area contributed by atoms with Crippen LogP contribution in [0.15, 0.2) is 18.2 Å². The van der Waals surface area contributed by atoms with E-state index < -0.39 is 0 Å². The Morgan fingerprint density at radius 1 is 1.06 bits per heavy atom. The zero-order chi connectivity index (χ0) is 24.8. The molecule has 1 fully saturated rings. The number of ether oxygens (including phenoxy) is 3. The molecule has 0 saturated carbocycles. The van der Waals surface area contributed by atoms with E-state index in [0.29, 0.717) is 41.8 Å². The zero-order valence-corrected chi connectivity index (χ0v) is 21.4. The highest BCUT2D eigenvalue weighted by Gasteiger charge is 2.22. The topological polar surface area (TPSA) is 84.4 Å². The van der Waals surface area contributed by atoms with Gasteiger partial charge < -0.3 is 24.0 Å². The van der Waals surface area contributed by atoms with Gasteiger partial charge in [0.2, 0.25) is 11.7 Å². The number of rotatable bonds is 8. The van der Waals surface area contributed by atoms with Crippen LogP contribution in [0.2, 0.25) is 0 Å². The third kappa shape index (κ3) is 5.87. The Kier molecular flexibility index (Phi) is 8.51. The summed E-state index contributed by atoms with van der Waals surface area (Å²) in [6, 6.07) is 3.60. The minimum atomic E-state index is -0.0441. The first kappa shape index (κ1) is 25.5. The van der Waals surface area contributed by atoms with Crippen molar-refractivity contribution >= 4 is 29.2 Å². The summed E-state index contributed by atoms with van der Waals surface area (Å²) >= 11 is 1.45. The highest BCUT2D eigenvalue weighted by molar-refractivity contribution is 7.13. The molecule has 1 saturated heterocycles. The third-order valence-corrected chi connectivity index (χ3v) is 6.72. The summed E-state index contributed by atoms with van der Waals surface area (Å²) in [5.41, 5.74) is 1.55. The number of hydrogen-bond acceptors (Lipinski definition) is 8. The van der Waals surface area contributed by atoms with Crippen molar-refractivity contribution in [1.82, 2.24) is 19.7 Å². The van der Waals surface area contributed by atoms with Gasteiger partial charge in [-0.2, -0.15) is 0 Å². The van der Waals surface area contributed by atoms with Gasteiger partial charge in [-0.3, -0.25) is 14.5 Å². The van der Waals surface area contributed by atoms with Crippen LogP contribution in [0.25, 0.3) is 6.08 Å². The van der Waals surface area contributed by atoms with Crippen molar-refractivity contribution in [2.24, 2.45) is 0 Å². The third-order valence-electron chi connectivity index (χ3n) is 5.59. The Bertz CT molecular complexity index is 1030. The fraction of sp³-hybridized carbons (Fsp3) is 0.458. The molecule has 1 aliphatic heterocycles. The lowest BCUT2D eigenvalue weighted by molar-refractivity contribution is -0.127. The van der Waals surface area contributed by atoms with E-state index in [1.807, 2.05) is 11.8 Å². The van der Waals surface area contributed by atoms with Gasteiger partial charge in [0.25, 0.3) is 5.91 Å². The Hall–Kier alpha value is -3.11. The van der Waals surface area contributed by atoms with Gasteiger partial charge in [0.15, 0.2) is 11.5 Å². The van der Waals surface area contributed by atoms with Crippen molar-refractivity contribution < 1.29 is 23.8 Å². The molecule has 0 atom stereocenters. The molecule has 2 aromatic rings. The number of methoxy groups -OCH3 is 3. The molecule has 3 rings (SSSR count). The molecular weight excluding hydrogens is 456 g/mol. The van der Waals surface area contributed by atoms with Crippen molar-refractivity contribution in [3.05, 3.63) is 39.4 Å². The van der Waals surface area contributed by atoms with E-state index in [9.17, 15) is 9.59 Å². The molecule has 34 heavy (non-hydrogen) atoms. The average molecular weight is 489 g/mol.